The number of pyridine rings is 1. The maximum Gasteiger partial charge on any atom is 0.229 e. The van der Waals surface area contributed by atoms with Gasteiger partial charge in [-0.3, -0.25) is 9.78 Å². The maximum atomic E-state index is 12.9. The molecule has 1 saturated heterocycles. The van der Waals surface area contributed by atoms with Gasteiger partial charge in [0, 0.05) is 25.5 Å². The average molecular weight is 377 g/mol. The second-order valence-electron chi connectivity index (χ2n) is 6.80. The van der Waals surface area contributed by atoms with Crippen LogP contribution in [0.1, 0.15) is 19.8 Å². The van der Waals surface area contributed by atoms with Crippen molar-refractivity contribution in [3.8, 4) is 5.75 Å². The summed E-state index contributed by atoms with van der Waals surface area (Å²) in [5, 5.41) is 3.04. The van der Waals surface area contributed by atoms with Crippen LogP contribution in [0.5, 0.6) is 5.75 Å². The maximum absolute atomic E-state index is 12.9. The van der Waals surface area contributed by atoms with Crippen LogP contribution in [0, 0.1) is 5.92 Å². The van der Waals surface area contributed by atoms with Crippen LogP contribution in [-0.2, 0) is 4.79 Å². The van der Waals surface area contributed by atoms with Gasteiger partial charge in [0.05, 0.1) is 30.1 Å². The molecule has 0 bridgehead atoms. The Labute approximate surface area is 163 Å². The highest BCUT2D eigenvalue weighted by Crippen LogP contribution is 2.28. The summed E-state index contributed by atoms with van der Waals surface area (Å²) in [6.07, 6.45) is 6.91. The van der Waals surface area contributed by atoms with Crippen molar-refractivity contribution in [3.05, 3.63) is 48.9 Å². The van der Waals surface area contributed by atoms with E-state index >= 15 is 0 Å². The van der Waals surface area contributed by atoms with Gasteiger partial charge in [-0.1, -0.05) is 12.1 Å². The molecular formula is C21H23N5O2. The number of benzene rings is 1. The molecule has 7 heteroatoms. The smallest absolute Gasteiger partial charge is 0.229 e. The highest BCUT2D eigenvalue weighted by Gasteiger charge is 2.27. The molecular weight excluding hydrogens is 354 g/mol. The van der Waals surface area contributed by atoms with Crippen molar-refractivity contribution in [1.29, 1.82) is 0 Å². The molecule has 0 unspecified atom stereocenters. The van der Waals surface area contributed by atoms with E-state index in [9.17, 15) is 4.79 Å². The van der Waals surface area contributed by atoms with Crippen molar-refractivity contribution in [1.82, 2.24) is 15.0 Å². The minimum absolute atomic E-state index is 0.0189. The molecule has 2 aromatic heterocycles. The summed E-state index contributed by atoms with van der Waals surface area (Å²) in [6, 6.07) is 9.52. The SMILES string of the molecule is CCOc1ccccc1NC(=O)[C@@H]1CCCN(c2cnc3nccnc3c2)C1. The number of carbonyl (C=O) groups is 1. The van der Waals surface area contributed by atoms with Crippen LogP contribution < -0.4 is 15.0 Å². The fourth-order valence-corrected chi connectivity index (χ4v) is 3.53. The highest BCUT2D eigenvalue weighted by atomic mass is 16.5. The van der Waals surface area contributed by atoms with Crippen LogP contribution in [-0.4, -0.2) is 40.6 Å². The Morgan fingerprint density at radius 2 is 2.11 bits per heavy atom. The van der Waals surface area contributed by atoms with Crippen LogP contribution in [0.3, 0.4) is 0 Å². The van der Waals surface area contributed by atoms with Gasteiger partial charge in [-0.2, -0.15) is 0 Å². The number of para-hydroxylation sites is 2. The summed E-state index contributed by atoms with van der Waals surface area (Å²) < 4.78 is 5.61. The number of aromatic nitrogens is 3. The average Bonchev–Trinajstić information content (AvgIpc) is 2.75. The number of nitrogens with zero attached hydrogens (tertiary/aromatic N) is 4. The van der Waals surface area contributed by atoms with Crippen LogP contribution in [0.2, 0.25) is 0 Å². The summed E-state index contributed by atoms with van der Waals surface area (Å²) in [5.74, 6) is 0.620. The zero-order valence-corrected chi connectivity index (χ0v) is 15.8. The summed E-state index contributed by atoms with van der Waals surface area (Å²) in [6.45, 7) is 4.03. The molecule has 3 heterocycles. The molecule has 28 heavy (non-hydrogen) atoms. The molecule has 1 aliphatic heterocycles. The molecule has 7 nitrogen and oxygen atoms in total. The van der Waals surface area contributed by atoms with E-state index in [0.717, 1.165) is 30.6 Å². The number of nitrogens with one attached hydrogen (secondary N) is 1. The van der Waals surface area contributed by atoms with Crippen LogP contribution in [0.4, 0.5) is 11.4 Å². The Bertz CT molecular complexity index is 978. The van der Waals surface area contributed by atoms with E-state index in [-0.39, 0.29) is 11.8 Å². The quantitative estimate of drug-likeness (QED) is 0.735. The first-order chi connectivity index (χ1) is 13.7. The van der Waals surface area contributed by atoms with Crippen LogP contribution in [0.25, 0.3) is 11.2 Å². The summed E-state index contributed by atoms with van der Waals surface area (Å²) >= 11 is 0. The lowest BCUT2D eigenvalue weighted by Gasteiger charge is -2.33. The van der Waals surface area contributed by atoms with Crippen molar-refractivity contribution in [3.63, 3.8) is 0 Å². The molecule has 0 aliphatic carbocycles. The van der Waals surface area contributed by atoms with Gasteiger partial charge in [0.2, 0.25) is 5.91 Å². The number of anilines is 2. The molecule has 1 aromatic carbocycles. The molecule has 1 fully saturated rings. The number of fused-ring (bicyclic) bond motifs is 1. The number of hydrogen-bond acceptors (Lipinski definition) is 6. The molecule has 0 saturated carbocycles. The minimum Gasteiger partial charge on any atom is -0.492 e. The molecule has 0 spiro atoms. The Balaban J connectivity index is 1.48. The summed E-state index contributed by atoms with van der Waals surface area (Å²) in [4.78, 5) is 28.0. The lowest BCUT2D eigenvalue weighted by Crippen LogP contribution is -2.40. The molecule has 144 valence electrons. The Morgan fingerprint density at radius 3 is 3.00 bits per heavy atom. The van der Waals surface area contributed by atoms with Gasteiger partial charge in [0.1, 0.15) is 11.3 Å². The number of hydrogen-bond donors (Lipinski definition) is 1. The van der Waals surface area contributed by atoms with Crippen molar-refractivity contribution < 1.29 is 9.53 Å². The Kier molecular flexibility index (Phi) is 5.32. The van der Waals surface area contributed by atoms with E-state index < -0.39 is 0 Å². The molecule has 1 aliphatic rings. The first-order valence-electron chi connectivity index (χ1n) is 9.59. The van der Waals surface area contributed by atoms with Crippen LogP contribution in [0.15, 0.2) is 48.9 Å². The fourth-order valence-electron chi connectivity index (χ4n) is 3.53. The van der Waals surface area contributed by atoms with E-state index in [1.54, 1.807) is 12.4 Å². The third-order valence-electron chi connectivity index (χ3n) is 4.91. The fraction of sp³-hybridized carbons (Fsp3) is 0.333. The molecule has 1 amide bonds. The predicted molar refractivity (Wildman–Crippen MR) is 109 cm³/mol. The van der Waals surface area contributed by atoms with Crippen molar-refractivity contribution in [2.24, 2.45) is 5.92 Å². The number of rotatable bonds is 5. The number of piperidine rings is 1. The summed E-state index contributed by atoms with van der Waals surface area (Å²) in [7, 11) is 0. The zero-order valence-electron chi connectivity index (χ0n) is 15.8. The van der Waals surface area contributed by atoms with Gasteiger partial charge < -0.3 is 15.0 Å². The lowest BCUT2D eigenvalue weighted by molar-refractivity contribution is -0.120. The van der Waals surface area contributed by atoms with Gasteiger partial charge in [-0.05, 0) is 38.0 Å². The largest absolute Gasteiger partial charge is 0.492 e. The van der Waals surface area contributed by atoms with E-state index in [4.69, 9.17) is 4.74 Å². The second-order valence-corrected chi connectivity index (χ2v) is 6.80. The van der Waals surface area contributed by atoms with Gasteiger partial charge in [0.15, 0.2) is 5.65 Å². The normalized spacial score (nSPS) is 16.8. The molecule has 1 atom stereocenters. The third-order valence-corrected chi connectivity index (χ3v) is 4.91. The van der Waals surface area contributed by atoms with E-state index in [1.165, 1.54) is 0 Å². The van der Waals surface area contributed by atoms with Gasteiger partial charge >= 0.3 is 0 Å². The van der Waals surface area contributed by atoms with Gasteiger partial charge in [-0.25, -0.2) is 9.97 Å². The topological polar surface area (TPSA) is 80.2 Å². The van der Waals surface area contributed by atoms with E-state index in [2.05, 4.69) is 25.2 Å². The first-order valence-corrected chi connectivity index (χ1v) is 9.59. The highest BCUT2D eigenvalue weighted by molar-refractivity contribution is 5.94. The Hall–Kier alpha value is -3.22. The summed E-state index contributed by atoms with van der Waals surface area (Å²) in [5.41, 5.74) is 3.08. The van der Waals surface area contributed by atoms with E-state index in [1.807, 2.05) is 43.5 Å². The predicted octanol–water partition coefficient (Wildman–Crippen LogP) is 3.28. The number of ether oxygens (including phenoxy) is 1. The van der Waals surface area contributed by atoms with Crippen LogP contribution >= 0.6 is 0 Å². The molecule has 0 radical (unpaired) electrons. The van der Waals surface area contributed by atoms with Gasteiger partial charge in [0.25, 0.3) is 0 Å². The second kappa shape index (κ2) is 8.21. The number of carbonyl (C=O) groups excluding carboxylic acids is 1. The molecule has 4 rings (SSSR count). The first kappa shape index (κ1) is 18.2. The molecule has 3 aromatic rings. The van der Waals surface area contributed by atoms with Gasteiger partial charge in [-0.15, -0.1) is 0 Å². The van der Waals surface area contributed by atoms with Crippen molar-refractivity contribution in [2.75, 3.05) is 29.9 Å². The lowest BCUT2D eigenvalue weighted by atomic mass is 9.96. The standard InChI is InChI=1S/C21H23N5O2/c1-2-28-19-8-4-3-7-17(19)25-21(27)15-6-5-11-26(14-15)16-12-18-20(24-13-16)23-10-9-22-18/h3-4,7-10,12-13,15H,2,5-6,11,14H2,1H3,(H,25,27)/t15-/m1/s1. The monoisotopic (exact) mass is 377 g/mol. The minimum atomic E-state index is -0.0963. The number of amides is 1. The van der Waals surface area contributed by atoms with Crippen molar-refractivity contribution >= 4 is 28.4 Å². The zero-order chi connectivity index (χ0) is 19.3. The Morgan fingerprint density at radius 1 is 1.25 bits per heavy atom. The van der Waals surface area contributed by atoms with Crippen molar-refractivity contribution in [2.45, 2.75) is 19.8 Å². The van der Waals surface area contributed by atoms with E-state index in [0.29, 0.717) is 30.2 Å². The third kappa shape index (κ3) is 3.88. The molecule has 1 N–H and O–H groups in total.